The maximum atomic E-state index is 14.8. The number of fused-ring (bicyclic) bond motifs is 1. The van der Waals surface area contributed by atoms with Crippen molar-refractivity contribution in [2.24, 2.45) is 0 Å². The number of hydrogen-bond donors (Lipinski definition) is 3. The van der Waals surface area contributed by atoms with Gasteiger partial charge in [0, 0.05) is 31.6 Å². The van der Waals surface area contributed by atoms with E-state index in [1.54, 1.807) is 6.07 Å². The number of benzene rings is 2. The number of aliphatic hydroxyl groups is 2. The monoisotopic (exact) mass is 529 g/mol. The van der Waals surface area contributed by atoms with Gasteiger partial charge in [0.05, 0.1) is 24.3 Å². The molecule has 0 saturated carbocycles. The number of morpholine rings is 1. The number of halogens is 1. The van der Waals surface area contributed by atoms with Crippen LogP contribution in [0.4, 0.5) is 4.39 Å². The first-order valence-corrected chi connectivity index (χ1v) is 12.7. The van der Waals surface area contributed by atoms with Crippen LogP contribution in [0.15, 0.2) is 36.4 Å². The molecule has 2 saturated heterocycles. The zero-order chi connectivity index (χ0) is 27.4. The van der Waals surface area contributed by atoms with Crippen LogP contribution in [-0.2, 0) is 33.4 Å². The third kappa shape index (κ3) is 5.41. The summed E-state index contributed by atoms with van der Waals surface area (Å²) in [4.78, 5) is 39.7. The molecule has 38 heavy (non-hydrogen) atoms. The fraction of sp³-hybridized carbons (Fsp3) is 0.444. The summed E-state index contributed by atoms with van der Waals surface area (Å²) in [6.07, 6.45) is -0.0950. The van der Waals surface area contributed by atoms with Crippen LogP contribution in [0.25, 0.3) is 0 Å². The maximum absolute atomic E-state index is 14.8. The van der Waals surface area contributed by atoms with Gasteiger partial charge in [-0.3, -0.25) is 29.5 Å². The van der Waals surface area contributed by atoms with Crippen LogP contribution in [0.3, 0.4) is 0 Å². The van der Waals surface area contributed by atoms with E-state index in [-0.39, 0.29) is 41.9 Å². The third-order valence-electron chi connectivity index (χ3n) is 6.68. The van der Waals surface area contributed by atoms with Gasteiger partial charge in [-0.25, -0.2) is 4.39 Å². The molecule has 1 atom stereocenters. The average molecular weight is 530 g/mol. The highest BCUT2D eigenvalue weighted by atomic mass is 19.1. The van der Waals surface area contributed by atoms with E-state index in [2.05, 4.69) is 10.2 Å². The highest BCUT2D eigenvalue weighted by Crippen LogP contribution is 2.43. The molecule has 3 aliphatic rings. The number of ether oxygens (including phenoxy) is 2. The SMILES string of the molecule is CC.O=C1CCC(N2C(=O)c3cccc(OCc4ccc(CN5CCOCC5)cc4F)c3C2(O)O)C(=O)N1. The van der Waals surface area contributed by atoms with Crippen LogP contribution in [0.2, 0.25) is 0 Å². The summed E-state index contributed by atoms with van der Waals surface area (Å²) < 4.78 is 25.9. The summed E-state index contributed by atoms with van der Waals surface area (Å²) in [5.74, 6) is -5.42. The van der Waals surface area contributed by atoms with Gasteiger partial charge in [-0.15, -0.1) is 0 Å². The molecule has 0 radical (unpaired) electrons. The fourth-order valence-electron chi connectivity index (χ4n) is 4.83. The fourth-order valence-corrected chi connectivity index (χ4v) is 4.83. The summed E-state index contributed by atoms with van der Waals surface area (Å²) in [5, 5.41) is 24.0. The zero-order valence-corrected chi connectivity index (χ0v) is 21.4. The Hall–Kier alpha value is -3.38. The van der Waals surface area contributed by atoms with Crippen molar-refractivity contribution in [3.05, 3.63) is 64.5 Å². The van der Waals surface area contributed by atoms with Crippen LogP contribution in [0.5, 0.6) is 5.75 Å². The number of hydrogen-bond acceptors (Lipinski definition) is 8. The van der Waals surface area contributed by atoms with Gasteiger partial charge in [-0.1, -0.05) is 32.0 Å². The Morgan fingerprint density at radius 2 is 1.87 bits per heavy atom. The summed E-state index contributed by atoms with van der Waals surface area (Å²) >= 11 is 0. The topological polar surface area (TPSA) is 129 Å². The van der Waals surface area contributed by atoms with Gasteiger partial charge in [0.25, 0.3) is 11.8 Å². The molecule has 204 valence electrons. The van der Waals surface area contributed by atoms with Crippen molar-refractivity contribution in [1.82, 2.24) is 15.1 Å². The molecular formula is C27H32FN3O7. The van der Waals surface area contributed by atoms with Gasteiger partial charge >= 0.3 is 0 Å². The molecule has 3 aliphatic heterocycles. The molecule has 2 aromatic rings. The van der Waals surface area contributed by atoms with Crippen molar-refractivity contribution < 1.29 is 38.5 Å². The second-order valence-electron chi connectivity index (χ2n) is 9.06. The zero-order valence-electron chi connectivity index (χ0n) is 21.4. The Bertz CT molecular complexity index is 1210. The van der Waals surface area contributed by atoms with Gasteiger partial charge in [0.1, 0.15) is 24.2 Å². The van der Waals surface area contributed by atoms with Crippen LogP contribution in [-0.4, -0.2) is 70.1 Å². The molecule has 3 N–H and O–H groups in total. The van der Waals surface area contributed by atoms with Crippen molar-refractivity contribution in [1.29, 1.82) is 0 Å². The van der Waals surface area contributed by atoms with E-state index in [9.17, 15) is 29.0 Å². The molecule has 5 rings (SSSR count). The van der Waals surface area contributed by atoms with Gasteiger partial charge in [0.15, 0.2) is 0 Å². The van der Waals surface area contributed by atoms with Crippen molar-refractivity contribution in [2.75, 3.05) is 26.3 Å². The molecule has 0 spiro atoms. The Morgan fingerprint density at radius 1 is 1.13 bits per heavy atom. The number of imide groups is 1. The quantitative estimate of drug-likeness (QED) is 0.381. The van der Waals surface area contributed by atoms with Gasteiger partial charge < -0.3 is 19.7 Å². The number of nitrogens with one attached hydrogen (secondary N) is 1. The highest BCUT2D eigenvalue weighted by molar-refractivity contribution is 6.06. The van der Waals surface area contributed by atoms with Crippen molar-refractivity contribution in [2.45, 2.75) is 51.8 Å². The smallest absolute Gasteiger partial charge is 0.282 e. The van der Waals surface area contributed by atoms with E-state index in [4.69, 9.17) is 9.47 Å². The maximum Gasteiger partial charge on any atom is 0.282 e. The molecule has 2 fully saturated rings. The lowest BCUT2D eigenvalue weighted by Crippen LogP contribution is -2.58. The van der Waals surface area contributed by atoms with Gasteiger partial charge in [-0.05, 0) is 30.2 Å². The first-order valence-electron chi connectivity index (χ1n) is 12.7. The van der Waals surface area contributed by atoms with E-state index in [0.29, 0.717) is 24.7 Å². The summed E-state index contributed by atoms with van der Waals surface area (Å²) in [7, 11) is 0. The number of piperidine rings is 1. The standard InChI is InChI=1S/C25H26FN3O7.C2H6/c26-18-12-15(13-28-8-10-35-11-9-28)4-5-16(18)14-36-20-3-1-2-17-22(20)25(33,34)29(24(17)32)19-6-7-21(30)27-23(19)31;1-2/h1-5,12,19,33-34H,6-11,13-14H2,(H,27,30,31);1-2H3. The minimum Gasteiger partial charge on any atom is -0.488 e. The summed E-state index contributed by atoms with van der Waals surface area (Å²) in [6.45, 7) is 7.24. The number of carbonyl (C=O) groups excluding carboxylic acids is 3. The van der Waals surface area contributed by atoms with E-state index in [1.807, 2.05) is 19.9 Å². The molecule has 0 bridgehead atoms. The van der Waals surface area contributed by atoms with Crippen LogP contribution < -0.4 is 10.1 Å². The minimum atomic E-state index is -2.86. The van der Waals surface area contributed by atoms with Gasteiger partial charge in [0.2, 0.25) is 11.8 Å². The second kappa shape index (κ2) is 11.6. The molecule has 1 unspecified atom stereocenters. The van der Waals surface area contributed by atoms with Crippen molar-refractivity contribution >= 4 is 17.7 Å². The summed E-state index contributed by atoms with van der Waals surface area (Å²) in [5.41, 5.74) is 0.785. The molecule has 3 heterocycles. The highest BCUT2D eigenvalue weighted by Gasteiger charge is 2.55. The Morgan fingerprint density at radius 3 is 2.55 bits per heavy atom. The van der Waals surface area contributed by atoms with Crippen molar-refractivity contribution in [3.63, 3.8) is 0 Å². The van der Waals surface area contributed by atoms with Crippen LogP contribution in [0, 0.1) is 5.82 Å². The van der Waals surface area contributed by atoms with E-state index >= 15 is 0 Å². The van der Waals surface area contributed by atoms with Crippen molar-refractivity contribution in [3.8, 4) is 5.75 Å². The van der Waals surface area contributed by atoms with E-state index < -0.39 is 35.5 Å². The van der Waals surface area contributed by atoms with Crippen LogP contribution >= 0.6 is 0 Å². The Labute approximate surface area is 219 Å². The largest absolute Gasteiger partial charge is 0.488 e. The predicted octanol–water partition coefficient (Wildman–Crippen LogP) is 1.62. The number of nitrogens with zero attached hydrogens (tertiary/aromatic N) is 2. The minimum absolute atomic E-state index is 0.0302. The predicted molar refractivity (Wildman–Crippen MR) is 133 cm³/mol. The molecule has 11 heteroatoms. The third-order valence-corrected chi connectivity index (χ3v) is 6.68. The Kier molecular flexibility index (Phi) is 8.41. The number of amides is 3. The molecule has 0 aliphatic carbocycles. The Balaban J connectivity index is 0.00000164. The lowest BCUT2D eigenvalue weighted by atomic mass is 10.0. The lowest BCUT2D eigenvalue weighted by Gasteiger charge is -2.36. The number of rotatable bonds is 6. The normalized spacial score (nSPS) is 20.9. The molecule has 10 nitrogen and oxygen atoms in total. The van der Waals surface area contributed by atoms with E-state index in [1.165, 1.54) is 24.3 Å². The summed E-state index contributed by atoms with van der Waals surface area (Å²) in [6, 6.07) is 7.94. The number of carbonyl (C=O) groups is 3. The molecule has 3 amide bonds. The molecule has 2 aromatic carbocycles. The molecule has 0 aromatic heterocycles. The van der Waals surface area contributed by atoms with E-state index in [0.717, 1.165) is 18.7 Å². The van der Waals surface area contributed by atoms with Gasteiger partial charge in [-0.2, -0.15) is 0 Å². The van der Waals surface area contributed by atoms with Crippen LogP contribution in [0.1, 0.15) is 53.7 Å². The first-order chi connectivity index (χ1) is 18.3. The second-order valence-corrected chi connectivity index (χ2v) is 9.06. The first kappa shape index (κ1) is 27.6. The lowest BCUT2D eigenvalue weighted by molar-refractivity contribution is -0.260. The average Bonchev–Trinajstić information content (AvgIpc) is 3.11. The molecular weight excluding hydrogens is 497 g/mol.